The lowest BCUT2D eigenvalue weighted by molar-refractivity contribution is 0.0522. The van der Waals surface area contributed by atoms with Crippen LogP contribution in [0.1, 0.15) is 20.8 Å². The zero-order valence-electron chi connectivity index (χ0n) is 9.16. The van der Waals surface area contributed by atoms with Crippen molar-refractivity contribution in [3.05, 3.63) is 0 Å². The van der Waals surface area contributed by atoms with Crippen molar-refractivity contribution in [1.82, 2.24) is 5.32 Å². The minimum absolute atomic E-state index is 0.0875. The summed E-state index contributed by atoms with van der Waals surface area (Å²) in [5.74, 6) is 0.0875. The highest BCUT2D eigenvalue weighted by Crippen LogP contribution is 2.07. The second-order valence-electron chi connectivity index (χ2n) is 4.17. The average molecular weight is 256 g/mol. The van der Waals surface area contributed by atoms with Crippen LogP contribution in [0.25, 0.3) is 0 Å². The molecule has 2 unspecified atom stereocenters. The van der Waals surface area contributed by atoms with Gasteiger partial charge in [0.05, 0.1) is 6.10 Å². The number of carbonyl (C=O) groups is 1. The predicted octanol–water partition coefficient (Wildman–Crippen LogP) is 1.41. The number of rotatable bonds is 4. The Morgan fingerprint density at radius 1 is 1.60 bits per heavy atom. The summed E-state index contributed by atoms with van der Waals surface area (Å²) < 4.78 is 5.00. The Morgan fingerprint density at radius 2 is 2.13 bits per heavy atom. The number of alkyl halides is 1. The monoisotopic (exact) mass is 255 g/mol. The molecule has 15 heavy (non-hydrogen) atoms. The second-order valence-corrected chi connectivity index (χ2v) is 5.14. The molecule has 0 aromatic carbocycles. The Morgan fingerprint density at radius 3 is 2.53 bits per heavy atom. The molecule has 0 saturated carbocycles. The van der Waals surface area contributed by atoms with Gasteiger partial charge in [0.1, 0.15) is 5.60 Å². The molecule has 90 valence electrons. The number of thiol groups is 1. The molecule has 0 saturated heterocycles. The molecule has 0 fully saturated rings. The normalized spacial score (nSPS) is 15.6. The van der Waals surface area contributed by atoms with Gasteiger partial charge in [0.15, 0.2) is 0 Å². The van der Waals surface area contributed by atoms with Crippen molar-refractivity contribution in [2.45, 2.75) is 37.7 Å². The predicted molar refractivity (Wildman–Crippen MR) is 63.7 cm³/mol. The van der Waals surface area contributed by atoms with Crippen molar-refractivity contribution in [3.8, 4) is 0 Å². The van der Waals surface area contributed by atoms with Crippen molar-refractivity contribution < 1.29 is 14.6 Å². The third kappa shape index (κ3) is 7.76. The SMILES string of the molecule is CC(C)(C)OC(=O)NCC(S)C(O)CCl. The van der Waals surface area contributed by atoms with Gasteiger partial charge in [-0.15, -0.1) is 11.6 Å². The molecule has 0 rings (SSSR count). The van der Waals surface area contributed by atoms with Gasteiger partial charge >= 0.3 is 6.09 Å². The lowest BCUT2D eigenvalue weighted by atomic mass is 10.2. The molecule has 1 amide bonds. The first-order valence-corrected chi connectivity index (χ1v) is 5.70. The maximum Gasteiger partial charge on any atom is 0.407 e. The third-order valence-electron chi connectivity index (χ3n) is 1.46. The first kappa shape index (κ1) is 14.9. The Balaban J connectivity index is 3.81. The van der Waals surface area contributed by atoms with E-state index >= 15 is 0 Å². The maximum absolute atomic E-state index is 11.2. The largest absolute Gasteiger partial charge is 0.444 e. The van der Waals surface area contributed by atoms with E-state index in [-0.39, 0.29) is 12.4 Å². The van der Waals surface area contributed by atoms with Gasteiger partial charge in [0.2, 0.25) is 0 Å². The van der Waals surface area contributed by atoms with E-state index in [0.717, 1.165) is 0 Å². The number of aliphatic hydroxyl groups excluding tert-OH is 1. The van der Waals surface area contributed by atoms with E-state index in [4.69, 9.17) is 16.3 Å². The summed E-state index contributed by atoms with van der Waals surface area (Å²) >= 11 is 9.51. The molecule has 0 aromatic rings. The highest BCUT2D eigenvalue weighted by atomic mass is 35.5. The summed E-state index contributed by atoms with van der Waals surface area (Å²) in [6.45, 7) is 5.54. The van der Waals surface area contributed by atoms with Crippen molar-refractivity contribution in [2.75, 3.05) is 12.4 Å². The second kappa shape index (κ2) is 6.45. The van der Waals surface area contributed by atoms with Gasteiger partial charge in [0.25, 0.3) is 0 Å². The molecule has 0 radical (unpaired) electrons. The van der Waals surface area contributed by atoms with Crippen molar-refractivity contribution in [3.63, 3.8) is 0 Å². The summed E-state index contributed by atoms with van der Waals surface area (Å²) in [7, 11) is 0. The molecule has 0 spiro atoms. The Kier molecular flexibility index (Phi) is 6.40. The lowest BCUT2D eigenvalue weighted by Crippen LogP contribution is -2.39. The molecule has 0 aliphatic carbocycles. The number of alkyl carbamates (subject to hydrolysis) is 1. The van der Waals surface area contributed by atoms with E-state index in [1.54, 1.807) is 20.8 Å². The number of aliphatic hydroxyl groups is 1. The van der Waals surface area contributed by atoms with Crippen LogP contribution in [0.2, 0.25) is 0 Å². The van der Waals surface area contributed by atoms with E-state index in [9.17, 15) is 9.90 Å². The van der Waals surface area contributed by atoms with Gasteiger partial charge < -0.3 is 15.2 Å². The van der Waals surface area contributed by atoms with Crippen LogP contribution in [0.15, 0.2) is 0 Å². The summed E-state index contributed by atoms with van der Waals surface area (Å²) in [5, 5.41) is 11.4. The number of hydrogen-bond donors (Lipinski definition) is 3. The Bertz CT molecular complexity index is 208. The summed E-state index contributed by atoms with van der Waals surface area (Å²) in [4.78, 5) is 11.2. The number of hydrogen-bond acceptors (Lipinski definition) is 4. The number of nitrogens with one attached hydrogen (secondary N) is 1. The van der Waals surface area contributed by atoms with Crippen LogP contribution in [-0.4, -0.2) is 40.6 Å². The van der Waals surface area contributed by atoms with Gasteiger partial charge in [-0.3, -0.25) is 0 Å². The zero-order valence-corrected chi connectivity index (χ0v) is 10.8. The van der Waals surface area contributed by atoms with Crippen molar-refractivity contribution in [1.29, 1.82) is 0 Å². The topological polar surface area (TPSA) is 58.6 Å². The van der Waals surface area contributed by atoms with Crippen LogP contribution in [0.5, 0.6) is 0 Å². The standard InChI is InChI=1S/C9H18ClNO3S/c1-9(2,3)14-8(13)11-5-7(15)6(12)4-10/h6-7,12,15H,4-5H2,1-3H3,(H,11,13). The van der Waals surface area contributed by atoms with Crippen LogP contribution in [0.3, 0.4) is 0 Å². The molecule has 0 heterocycles. The van der Waals surface area contributed by atoms with Crippen LogP contribution < -0.4 is 5.32 Å². The molecule has 0 aromatic heterocycles. The van der Waals surface area contributed by atoms with Crippen LogP contribution in [0.4, 0.5) is 4.79 Å². The highest BCUT2D eigenvalue weighted by molar-refractivity contribution is 7.81. The summed E-state index contributed by atoms with van der Waals surface area (Å²) in [6, 6.07) is 0. The fraction of sp³-hybridized carbons (Fsp3) is 0.889. The molecule has 4 nitrogen and oxygen atoms in total. The van der Waals surface area contributed by atoms with Crippen molar-refractivity contribution >= 4 is 30.3 Å². The molecule has 0 aliphatic rings. The minimum Gasteiger partial charge on any atom is -0.444 e. The number of amides is 1. The van der Waals surface area contributed by atoms with E-state index < -0.39 is 23.0 Å². The first-order valence-electron chi connectivity index (χ1n) is 4.65. The summed E-state index contributed by atoms with van der Waals surface area (Å²) in [5.41, 5.74) is -0.527. The third-order valence-corrected chi connectivity index (χ3v) is 2.30. The smallest absolute Gasteiger partial charge is 0.407 e. The van der Waals surface area contributed by atoms with Gasteiger partial charge in [-0.1, -0.05) is 0 Å². The van der Waals surface area contributed by atoms with E-state index in [1.165, 1.54) is 0 Å². The van der Waals surface area contributed by atoms with Crippen LogP contribution in [0, 0.1) is 0 Å². The van der Waals surface area contributed by atoms with Crippen molar-refractivity contribution in [2.24, 2.45) is 0 Å². The zero-order chi connectivity index (χ0) is 12.1. The van der Waals surface area contributed by atoms with Gasteiger partial charge in [-0.2, -0.15) is 12.6 Å². The highest BCUT2D eigenvalue weighted by Gasteiger charge is 2.18. The quantitative estimate of drug-likeness (QED) is 0.526. The lowest BCUT2D eigenvalue weighted by Gasteiger charge is -2.21. The van der Waals surface area contributed by atoms with Crippen LogP contribution >= 0.6 is 24.2 Å². The average Bonchev–Trinajstić information content (AvgIpc) is 2.10. The first-order chi connectivity index (χ1) is 6.76. The fourth-order valence-corrected chi connectivity index (χ4v) is 1.28. The molecule has 0 aliphatic heterocycles. The fourth-order valence-electron chi connectivity index (χ4n) is 0.741. The number of carbonyl (C=O) groups excluding carboxylic acids is 1. The Hall–Kier alpha value is -0.130. The van der Waals surface area contributed by atoms with E-state index in [1.807, 2.05) is 0 Å². The van der Waals surface area contributed by atoms with Crippen LogP contribution in [-0.2, 0) is 4.74 Å². The minimum atomic E-state index is -0.745. The molecule has 6 heteroatoms. The van der Waals surface area contributed by atoms with E-state index in [0.29, 0.717) is 0 Å². The van der Waals surface area contributed by atoms with Gasteiger partial charge in [-0.25, -0.2) is 4.79 Å². The molecule has 2 N–H and O–H groups in total. The van der Waals surface area contributed by atoms with E-state index in [2.05, 4.69) is 17.9 Å². The molecule has 2 atom stereocenters. The van der Waals surface area contributed by atoms with Gasteiger partial charge in [0, 0.05) is 17.7 Å². The molecular formula is C9H18ClNO3S. The Labute approximate surface area is 101 Å². The maximum atomic E-state index is 11.2. The van der Waals surface area contributed by atoms with Gasteiger partial charge in [-0.05, 0) is 20.8 Å². The molecular weight excluding hydrogens is 238 g/mol. The summed E-state index contributed by atoms with van der Waals surface area (Å²) in [6.07, 6.45) is -1.27. The number of halogens is 1. The number of ether oxygens (including phenoxy) is 1. The molecule has 0 bridgehead atoms.